The van der Waals surface area contributed by atoms with Crippen LogP contribution < -0.4 is 15.8 Å². The number of carbonyl (C=O) groups is 1. The van der Waals surface area contributed by atoms with E-state index in [-0.39, 0.29) is 34.9 Å². The second-order valence-electron chi connectivity index (χ2n) is 13.9. The number of ether oxygens (including phenoxy) is 2. The lowest BCUT2D eigenvalue weighted by Gasteiger charge is -2.49. The molecule has 0 saturated carbocycles. The molecule has 0 spiro atoms. The third-order valence-electron chi connectivity index (χ3n) is 8.03. The van der Waals surface area contributed by atoms with Crippen LogP contribution in [-0.2, 0) is 11.3 Å². The summed E-state index contributed by atoms with van der Waals surface area (Å²) in [6.45, 7) is 19.8. The van der Waals surface area contributed by atoms with E-state index < -0.39 is 5.60 Å². The molecule has 1 saturated heterocycles. The van der Waals surface area contributed by atoms with Crippen molar-refractivity contribution in [2.24, 2.45) is 11.3 Å². The van der Waals surface area contributed by atoms with Gasteiger partial charge in [-0.3, -0.25) is 0 Å². The highest BCUT2D eigenvalue weighted by molar-refractivity contribution is 6.31. The summed E-state index contributed by atoms with van der Waals surface area (Å²) in [5.74, 6) is 0.905. The topological polar surface area (TPSA) is 120 Å². The molecule has 10 nitrogen and oxygen atoms in total. The number of hydrogen-bond donors (Lipinski definition) is 2. The van der Waals surface area contributed by atoms with Gasteiger partial charge in [0.2, 0.25) is 5.95 Å². The van der Waals surface area contributed by atoms with Crippen molar-refractivity contribution in [3.05, 3.63) is 40.5 Å². The van der Waals surface area contributed by atoms with Crippen molar-refractivity contribution in [2.45, 2.75) is 98.8 Å². The lowest BCUT2D eigenvalue weighted by atomic mass is 9.72. The number of halogens is 1. The number of benzene rings is 1. The Morgan fingerprint density at radius 1 is 1.21 bits per heavy atom. The van der Waals surface area contributed by atoms with E-state index in [9.17, 15) is 4.79 Å². The van der Waals surface area contributed by atoms with Crippen molar-refractivity contribution in [1.29, 1.82) is 0 Å². The molecule has 0 radical (unpaired) electrons. The van der Waals surface area contributed by atoms with Crippen molar-refractivity contribution >= 4 is 35.0 Å². The third-order valence-corrected chi connectivity index (χ3v) is 8.40. The van der Waals surface area contributed by atoms with Crippen LogP contribution in [0.5, 0.6) is 6.01 Å². The van der Waals surface area contributed by atoms with E-state index in [4.69, 9.17) is 36.8 Å². The number of piperidine rings is 1. The molecule has 42 heavy (non-hydrogen) atoms. The van der Waals surface area contributed by atoms with Crippen LogP contribution in [0.2, 0.25) is 5.02 Å². The molecule has 0 aliphatic carbocycles. The van der Waals surface area contributed by atoms with Gasteiger partial charge in [-0.1, -0.05) is 39.3 Å². The molecule has 3 aromatic rings. The number of nitrogen functional groups attached to an aromatic ring is 1. The maximum Gasteiger partial charge on any atom is 0.410 e. The normalized spacial score (nSPS) is 17.5. The molecule has 2 aromatic heterocycles. The Labute approximate surface area is 254 Å². The van der Waals surface area contributed by atoms with Gasteiger partial charge in [0.1, 0.15) is 5.60 Å². The van der Waals surface area contributed by atoms with E-state index in [1.807, 2.05) is 37.9 Å². The molecule has 4 rings (SSSR count). The van der Waals surface area contributed by atoms with Crippen LogP contribution in [0.4, 0.5) is 16.4 Å². The van der Waals surface area contributed by atoms with Gasteiger partial charge in [0.15, 0.2) is 5.65 Å². The molecule has 1 aromatic carbocycles. The Balaban J connectivity index is 1.55. The molecule has 1 amide bonds. The lowest BCUT2D eigenvalue weighted by Crippen LogP contribution is -2.57. The van der Waals surface area contributed by atoms with E-state index in [0.717, 1.165) is 24.0 Å². The molecule has 0 unspecified atom stereocenters. The first-order chi connectivity index (χ1) is 19.5. The smallest absolute Gasteiger partial charge is 0.410 e. The summed E-state index contributed by atoms with van der Waals surface area (Å²) in [4.78, 5) is 24.5. The number of hydrogen-bond acceptors (Lipinski definition) is 8. The van der Waals surface area contributed by atoms with E-state index >= 15 is 0 Å². The zero-order chi connectivity index (χ0) is 31.0. The number of anilines is 2. The molecular formula is C31H46ClN7O3. The van der Waals surface area contributed by atoms with Crippen LogP contribution in [0.1, 0.15) is 92.2 Å². The summed E-state index contributed by atoms with van der Waals surface area (Å²) in [6.07, 6.45) is 3.38. The number of rotatable bonds is 8. The Morgan fingerprint density at radius 2 is 1.93 bits per heavy atom. The average Bonchev–Trinajstić information content (AvgIpc) is 3.31. The van der Waals surface area contributed by atoms with Crippen LogP contribution in [0, 0.1) is 11.3 Å². The average molecular weight is 600 g/mol. The second-order valence-corrected chi connectivity index (χ2v) is 14.3. The number of amides is 1. The van der Waals surface area contributed by atoms with Crippen LogP contribution in [0.3, 0.4) is 0 Å². The van der Waals surface area contributed by atoms with Crippen molar-refractivity contribution in [1.82, 2.24) is 24.5 Å². The SMILES string of the molecule is CC(C)c1cnn2c(NCc3cc(N)ccc3Cl)nc(OCC(C)(C)[C@H]3CCC(C)(C)N(C(=O)OC(C)(C)C)C3)nc12. The molecule has 1 aliphatic heterocycles. The van der Waals surface area contributed by atoms with E-state index in [1.165, 1.54) is 0 Å². The van der Waals surface area contributed by atoms with Gasteiger partial charge in [-0.25, -0.2) is 4.79 Å². The highest BCUT2D eigenvalue weighted by atomic mass is 35.5. The maximum absolute atomic E-state index is 13.1. The minimum atomic E-state index is -0.554. The number of carbonyl (C=O) groups excluding carboxylic acids is 1. The maximum atomic E-state index is 13.1. The van der Waals surface area contributed by atoms with Crippen LogP contribution in [0.25, 0.3) is 5.65 Å². The standard InChI is InChI=1S/C31H46ClN7O3/c1-19(2)23-16-35-39-25(23)36-27(37-26(39)34-15-20-14-22(33)10-11-24(20)32)41-18-30(6,7)21-12-13-31(8,9)38(17-21)28(40)42-29(3,4)5/h10-11,14,16,19,21H,12-13,15,17-18,33H2,1-9H3,(H,34,36,37)/t21-/m0/s1. The number of nitrogens with two attached hydrogens (primary N) is 1. The summed E-state index contributed by atoms with van der Waals surface area (Å²) < 4.78 is 13.8. The predicted molar refractivity (Wildman–Crippen MR) is 167 cm³/mol. The highest BCUT2D eigenvalue weighted by Crippen LogP contribution is 2.40. The molecule has 0 bridgehead atoms. The fraction of sp³-hybridized carbons (Fsp3) is 0.613. The molecule has 1 aliphatic rings. The largest absolute Gasteiger partial charge is 0.463 e. The molecule has 1 fully saturated rings. The molecule has 3 heterocycles. The molecule has 3 N–H and O–H groups in total. The second kappa shape index (κ2) is 11.8. The van der Waals surface area contributed by atoms with Gasteiger partial charge < -0.3 is 25.4 Å². The monoisotopic (exact) mass is 599 g/mol. The Hall–Kier alpha value is -3.27. The first-order valence-corrected chi connectivity index (χ1v) is 15.0. The van der Waals surface area contributed by atoms with Crippen LogP contribution >= 0.6 is 11.6 Å². The minimum absolute atomic E-state index is 0.200. The third kappa shape index (κ3) is 7.19. The van der Waals surface area contributed by atoms with Crippen molar-refractivity contribution < 1.29 is 14.3 Å². The Bertz CT molecular complexity index is 1430. The van der Waals surface area contributed by atoms with E-state index in [0.29, 0.717) is 42.0 Å². The summed E-state index contributed by atoms with van der Waals surface area (Å²) >= 11 is 6.40. The predicted octanol–water partition coefficient (Wildman–Crippen LogP) is 6.93. The van der Waals surface area contributed by atoms with Crippen molar-refractivity contribution in [3.8, 4) is 6.01 Å². The van der Waals surface area contributed by atoms with E-state index in [1.54, 1.807) is 16.6 Å². The summed E-state index contributed by atoms with van der Waals surface area (Å²) in [5.41, 5.74) is 8.03. The molecule has 11 heteroatoms. The van der Waals surface area contributed by atoms with Gasteiger partial charge >= 0.3 is 12.1 Å². The zero-order valence-corrected chi connectivity index (χ0v) is 27.2. The number of nitrogens with zero attached hydrogens (tertiary/aromatic N) is 5. The molecular weight excluding hydrogens is 554 g/mol. The molecule has 1 atom stereocenters. The number of aromatic nitrogens is 4. The number of fused-ring (bicyclic) bond motifs is 1. The Morgan fingerprint density at radius 3 is 2.60 bits per heavy atom. The van der Waals surface area contributed by atoms with Gasteiger partial charge in [0, 0.05) is 40.3 Å². The summed E-state index contributed by atoms with van der Waals surface area (Å²) in [5, 5.41) is 8.50. The minimum Gasteiger partial charge on any atom is -0.463 e. The van der Waals surface area contributed by atoms with Crippen molar-refractivity contribution in [3.63, 3.8) is 0 Å². The quantitative estimate of drug-likeness (QED) is 0.268. The first-order valence-electron chi connectivity index (χ1n) is 14.6. The highest BCUT2D eigenvalue weighted by Gasteiger charge is 2.44. The van der Waals surface area contributed by atoms with Crippen LogP contribution in [0.15, 0.2) is 24.4 Å². The van der Waals surface area contributed by atoms with E-state index in [2.05, 4.69) is 52.0 Å². The fourth-order valence-electron chi connectivity index (χ4n) is 5.23. The van der Waals surface area contributed by atoms with Crippen LogP contribution in [-0.4, -0.2) is 54.9 Å². The van der Waals surface area contributed by atoms with Gasteiger partial charge in [-0.05, 0) is 83.1 Å². The van der Waals surface area contributed by atoms with Gasteiger partial charge in [-0.15, -0.1) is 0 Å². The fourth-order valence-corrected chi connectivity index (χ4v) is 5.42. The summed E-state index contributed by atoms with van der Waals surface area (Å²) in [6, 6.07) is 5.65. The summed E-state index contributed by atoms with van der Waals surface area (Å²) in [7, 11) is 0. The Kier molecular flexibility index (Phi) is 8.88. The number of nitrogens with one attached hydrogen (secondary N) is 1. The number of likely N-dealkylation sites (tertiary alicyclic amines) is 1. The van der Waals surface area contributed by atoms with Gasteiger partial charge in [-0.2, -0.15) is 19.6 Å². The lowest BCUT2D eigenvalue weighted by molar-refractivity contribution is -0.0369. The van der Waals surface area contributed by atoms with Gasteiger partial charge in [0.05, 0.1) is 12.8 Å². The first kappa shape index (κ1) is 31.7. The molecule has 230 valence electrons. The van der Waals surface area contributed by atoms with Crippen molar-refractivity contribution in [2.75, 3.05) is 24.2 Å². The van der Waals surface area contributed by atoms with Gasteiger partial charge in [0.25, 0.3) is 0 Å². The zero-order valence-electron chi connectivity index (χ0n) is 26.4.